The number of carboxylic acid groups (broad SMARTS) is 1. The third-order valence-electron chi connectivity index (χ3n) is 5.41. The second-order valence-corrected chi connectivity index (χ2v) is 9.95. The first-order chi connectivity index (χ1) is 16.7. The third-order valence-corrected chi connectivity index (χ3v) is 6.88. The summed E-state index contributed by atoms with van der Waals surface area (Å²) in [7, 11) is -3.84. The van der Waals surface area contributed by atoms with E-state index in [0.717, 1.165) is 16.5 Å². The summed E-state index contributed by atoms with van der Waals surface area (Å²) in [5.74, 6) is -1.54. The van der Waals surface area contributed by atoms with Gasteiger partial charge in [0, 0.05) is 5.39 Å². The summed E-state index contributed by atoms with van der Waals surface area (Å²) < 4.78 is 48.6. The van der Waals surface area contributed by atoms with Crippen molar-refractivity contribution < 1.29 is 27.4 Å². The molecule has 0 fully saturated rings. The highest BCUT2D eigenvalue weighted by molar-refractivity contribution is 7.89. The first-order valence-corrected chi connectivity index (χ1v) is 12.5. The first kappa shape index (κ1) is 24.4. The van der Waals surface area contributed by atoms with Crippen LogP contribution in [0.25, 0.3) is 16.6 Å². The highest BCUT2D eigenvalue weighted by atomic mass is 32.2. The van der Waals surface area contributed by atoms with Crippen LogP contribution in [0.2, 0.25) is 0 Å². The van der Waals surface area contributed by atoms with Crippen LogP contribution in [0, 0.1) is 5.82 Å². The van der Waals surface area contributed by atoms with Crippen molar-refractivity contribution in [2.45, 2.75) is 25.5 Å². The number of nitrogens with zero attached hydrogens (tertiary/aromatic N) is 2. The lowest BCUT2D eigenvalue weighted by Crippen LogP contribution is -2.40. The van der Waals surface area contributed by atoms with Gasteiger partial charge >= 0.3 is 5.97 Å². The Hall–Kier alpha value is -3.76. The summed E-state index contributed by atoms with van der Waals surface area (Å²) in [6, 6.07) is 19.8. The number of nitrogens with one attached hydrogen (secondary N) is 1. The fourth-order valence-electron chi connectivity index (χ4n) is 3.75. The molecular formula is C25H24FN3O5S. The van der Waals surface area contributed by atoms with Crippen molar-refractivity contribution in [3.63, 3.8) is 0 Å². The maximum Gasteiger partial charge on any atom is 0.304 e. The number of carbonyl (C=O) groups is 1. The van der Waals surface area contributed by atoms with E-state index in [4.69, 9.17) is 9.84 Å². The number of ether oxygens (including phenoxy) is 1. The Bertz CT molecular complexity index is 1420. The van der Waals surface area contributed by atoms with Gasteiger partial charge in [0.2, 0.25) is 10.0 Å². The van der Waals surface area contributed by atoms with Gasteiger partial charge in [-0.2, -0.15) is 5.10 Å². The number of benzene rings is 3. The van der Waals surface area contributed by atoms with Gasteiger partial charge in [0.15, 0.2) is 0 Å². The summed E-state index contributed by atoms with van der Waals surface area (Å²) in [6.07, 6.45) is 0.495. The number of hydrogen-bond acceptors (Lipinski definition) is 5. The molecule has 0 spiro atoms. The zero-order chi connectivity index (χ0) is 25.0. The summed E-state index contributed by atoms with van der Waals surface area (Å²) in [6.45, 7) is 1.67. The van der Waals surface area contributed by atoms with E-state index in [2.05, 4.69) is 9.82 Å². The van der Waals surface area contributed by atoms with Crippen molar-refractivity contribution in [1.82, 2.24) is 14.5 Å². The predicted molar refractivity (Wildman–Crippen MR) is 129 cm³/mol. The molecule has 0 saturated carbocycles. The van der Waals surface area contributed by atoms with E-state index in [1.54, 1.807) is 42.1 Å². The Morgan fingerprint density at radius 2 is 1.83 bits per heavy atom. The zero-order valence-electron chi connectivity index (χ0n) is 18.8. The molecule has 3 aromatic carbocycles. The molecule has 0 aliphatic carbocycles. The molecule has 4 rings (SSSR count). The van der Waals surface area contributed by atoms with Crippen LogP contribution in [0.1, 0.15) is 25.0 Å². The monoisotopic (exact) mass is 497 g/mol. The molecule has 0 aliphatic rings. The molecule has 8 nitrogen and oxygen atoms in total. The second kappa shape index (κ2) is 10.2. The van der Waals surface area contributed by atoms with E-state index in [-0.39, 0.29) is 5.82 Å². The number of aromatic nitrogens is 2. The van der Waals surface area contributed by atoms with Crippen molar-refractivity contribution in [3.8, 4) is 11.4 Å². The first-order valence-electron chi connectivity index (χ1n) is 10.9. The molecule has 0 saturated heterocycles. The Morgan fingerprint density at radius 3 is 2.51 bits per heavy atom. The molecule has 2 N–H and O–H groups in total. The van der Waals surface area contributed by atoms with Crippen LogP contribution >= 0.6 is 0 Å². The second-order valence-electron chi connectivity index (χ2n) is 8.07. The van der Waals surface area contributed by atoms with E-state index in [0.29, 0.717) is 11.4 Å². The van der Waals surface area contributed by atoms with E-state index in [1.807, 2.05) is 36.4 Å². The standard InChI is InChI=1S/C25H24FN3O5S/c1-17(28-35(32,33)14-13-24(30)31)25(18-5-3-2-4-6-18)34-22-11-12-23-19(15-22)16-27-29(23)21-9-7-20(26)8-10-21/h2-12,15-17,25,28H,13-14H2,1H3,(H,30,31)/t17-,25+/m0/s1. The SMILES string of the molecule is C[C@H](NS(=O)(=O)CCC(=O)O)[C@@H](Oc1ccc2c(cnn2-c2ccc(F)cc2)c1)c1ccccc1. The van der Waals surface area contributed by atoms with Crippen LogP contribution in [-0.2, 0) is 14.8 Å². The average molecular weight is 498 g/mol. The number of carboxylic acids is 1. The molecule has 1 heterocycles. The van der Waals surface area contributed by atoms with Crippen LogP contribution < -0.4 is 9.46 Å². The van der Waals surface area contributed by atoms with Crippen molar-refractivity contribution in [3.05, 3.63) is 90.4 Å². The lowest BCUT2D eigenvalue weighted by molar-refractivity contribution is -0.136. The summed E-state index contributed by atoms with van der Waals surface area (Å²) in [4.78, 5) is 10.8. The molecule has 0 bridgehead atoms. The minimum atomic E-state index is -3.84. The van der Waals surface area contributed by atoms with Gasteiger partial charge in [0.1, 0.15) is 17.7 Å². The summed E-state index contributed by atoms with van der Waals surface area (Å²) >= 11 is 0. The van der Waals surface area contributed by atoms with Crippen molar-refractivity contribution in [2.24, 2.45) is 0 Å². The molecule has 182 valence electrons. The third kappa shape index (κ3) is 6.03. The Morgan fingerprint density at radius 1 is 1.11 bits per heavy atom. The van der Waals surface area contributed by atoms with Gasteiger partial charge in [-0.25, -0.2) is 22.2 Å². The average Bonchev–Trinajstić information content (AvgIpc) is 3.25. The molecular weight excluding hydrogens is 473 g/mol. The van der Waals surface area contributed by atoms with Gasteiger partial charge in [-0.3, -0.25) is 4.79 Å². The van der Waals surface area contributed by atoms with Gasteiger partial charge in [0.25, 0.3) is 0 Å². The van der Waals surface area contributed by atoms with Crippen LogP contribution in [-0.4, -0.2) is 41.1 Å². The lowest BCUT2D eigenvalue weighted by Gasteiger charge is -2.26. The highest BCUT2D eigenvalue weighted by Crippen LogP contribution is 2.29. The molecule has 0 amide bonds. The molecule has 4 aromatic rings. The maximum atomic E-state index is 13.3. The number of sulfonamides is 1. The van der Waals surface area contributed by atoms with E-state index in [9.17, 15) is 17.6 Å². The smallest absolute Gasteiger partial charge is 0.304 e. The quantitative estimate of drug-likeness (QED) is 0.342. The van der Waals surface area contributed by atoms with Crippen LogP contribution in [0.5, 0.6) is 5.75 Å². The molecule has 1 aromatic heterocycles. The van der Waals surface area contributed by atoms with Gasteiger partial charge < -0.3 is 9.84 Å². The molecule has 0 aliphatic heterocycles. The number of fused-ring (bicyclic) bond motifs is 1. The fraction of sp³-hybridized carbons (Fsp3) is 0.200. The number of halogens is 1. The van der Waals surface area contributed by atoms with Gasteiger partial charge in [0.05, 0.1) is 35.6 Å². The predicted octanol–water partition coefficient (Wildman–Crippen LogP) is 4.07. The minimum Gasteiger partial charge on any atom is -0.484 e. The van der Waals surface area contributed by atoms with Crippen molar-refractivity contribution in [2.75, 3.05) is 5.75 Å². The zero-order valence-corrected chi connectivity index (χ0v) is 19.7. The van der Waals surface area contributed by atoms with E-state index in [1.165, 1.54) is 12.1 Å². The topological polar surface area (TPSA) is 111 Å². The normalized spacial score (nSPS) is 13.4. The molecule has 2 atom stereocenters. The molecule has 35 heavy (non-hydrogen) atoms. The molecule has 0 radical (unpaired) electrons. The highest BCUT2D eigenvalue weighted by Gasteiger charge is 2.26. The number of hydrogen-bond donors (Lipinski definition) is 2. The largest absolute Gasteiger partial charge is 0.484 e. The Kier molecular flexibility index (Phi) is 7.13. The van der Waals surface area contributed by atoms with Crippen LogP contribution in [0.15, 0.2) is 79.0 Å². The van der Waals surface area contributed by atoms with Gasteiger partial charge in [-0.1, -0.05) is 30.3 Å². The fourth-order valence-corrected chi connectivity index (χ4v) is 5.00. The lowest BCUT2D eigenvalue weighted by atomic mass is 10.0. The number of aliphatic carboxylic acids is 1. The van der Waals surface area contributed by atoms with Crippen LogP contribution in [0.4, 0.5) is 4.39 Å². The Balaban J connectivity index is 1.60. The van der Waals surface area contributed by atoms with E-state index >= 15 is 0 Å². The minimum absolute atomic E-state index is 0.333. The van der Waals surface area contributed by atoms with Gasteiger partial charge in [-0.15, -0.1) is 0 Å². The van der Waals surface area contributed by atoms with Crippen LogP contribution in [0.3, 0.4) is 0 Å². The maximum absolute atomic E-state index is 13.3. The number of rotatable bonds is 10. The van der Waals surface area contributed by atoms with E-state index < -0.39 is 40.3 Å². The van der Waals surface area contributed by atoms with Gasteiger partial charge in [-0.05, 0) is 55.0 Å². The summed E-state index contributed by atoms with van der Waals surface area (Å²) in [5, 5.41) is 14.0. The Labute approximate surface area is 202 Å². The summed E-state index contributed by atoms with van der Waals surface area (Å²) in [5.41, 5.74) is 2.26. The molecule has 0 unspecified atom stereocenters. The van der Waals surface area contributed by atoms with Crippen molar-refractivity contribution >= 4 is 26.9 Å². The molecule has 10 heteroatoms. The van der Waals surface area contributed by atoms with Crippen molar-refractivity contribution in [1.29, 1.82) is 0 Å².